The van der Waals surface area contributed by atoms with E-state index >= 15 is 0 Å². The smallest absolute Gasteiger partial charge is 0.110 e. The highest BCUT2D eigenvalue weighted by atomic mass is 32.2. The Hall–Kier alpha value is -0.480. The first-order valence-electron chi connectivity index (χ1n) is 7.12. The van der Waals surface area contributed by atoms with Crippen LogP contribution in [-0.4, -0.2) is 33.6 Å². The molecule has 0 bridgehead atoms. The number of aryl methyl sites for hydroxylation is 1. The molecular weight excluding hydrogens is 242 g/mol. The molecule has 0 saturated carbocycles. The molecule has 0 aromatic carbocycles. The summed E-state index contributed by atoms with van der Waals surface area (Å²) in [5.41, 5.74) is 0. The van der Waals surface area contributed by atoms with Crippen molar-refractivity contribution in [3.8, 4) is 0 Å². The second-order valence-corrected chi connectivity index (χ2v) is 5.87. The molecule has 1 heterocycles. The maximum Gasteiger partial charge on any atom is 0.110 e. The molecule has 104 valence electrons. The number of hydrogen-bond donors (Lipinski definition) is 1. The van der Waals surface area contributed by atoms with E-state index in [0.717, 1.165) is 19.5 Å². The van der Waals surface area contributed by atoms with Gasteiger partial charge in [0.15, 0.2) is 0 Å². The number of nitrogens with zero attached hydrogens (tertiary/aromatic N) is 2. The van der Waals surface area contributed by atoms with Crippen molar-refractivity contribution < 1.29 is 0 Å². The summed E-state index contributed by atoms with van der Waals surface area (Å²) in [5, 5.41) is 3.64. The molecule has 1 rings (SSSR count). The summed E-state index contributed by atoms with van der Waals surface area (Å²) in [6.07, 6.45) is 7.42. The molecule has 18 heavy (non-hydrogen) atoms. The minimum Gasteiger partial charge on any atom is -0.335 e. The molecule has 0 radical (unpaired) electrons. The van der Waals surface area contributed by atoms with Crippen LogP contribution in [0.2, 0.25) is 0 Å². The predicted octanol–water partition coefficient (Wildman–Crippen LogP) is 2.96. The number of rotatable bonds is 10. The van der Waals surface area contributed by atoms with Crippen LogP contribution in [0.1, 0.15) is 39.4 Å². The lowest BCUT2D eigenvalue weighted by atomic mass is 10.2. The van der Waals surface area contributed by atoms with Crippen molar-refractivity contribution in [2.75, 3.05) is 18.1 Å². The van der Waals surface area contributed by atoms with Crippen LogP contribution in [0.25, 0.3) is 0 Å². The van der Waals surface area contributed by atoms with Crippen LogP contribution < -0.4 is 5.32 Å². The van der Waals surface area contributed by atoms with Gasteiger partial charge in [0.25, 0.3) is 0 Å². The monoisotopic (exact) mass is 269 g/mol. The van der Waals surface area contributed by atoms with Crippen LogP contribution in [0.15, 0.2) is 12.4 Å². The summed E-state index contributed by atoms with van der Waals surface area (Å²) in [6, 6.07) is 0.549. The Morgan fingerprint density at radius 1 is 1.33 bits per heavy atom. The lowest BCUT2D eigenvalue weighted by Gasteiger charge is -2.18. The van der Waals surface area contributed by atoms with Crippen molar-refractivity contribution in [3.63, 3.8) is 0 Å². The molecule has 0 aliphatic carbocycles. The summed E-state index contributed by atoms with van der Waals surface area (Å²) in [6.45, 7) is 8.83. The second-order valence-electron chi connectivity index (χ2n) is 4.55. The summed E-state index contributed by atoms with van der Waals surface area (Å²) >= 11 is 2.01. The van der Waals surface area contributed by atoms with Crippen LogP contribution >= 0.6 is 11.8 Å². The summed E-state index contributed by atoms with van der Waals surface area (Å²) < 4.78 is 2.29. The van der Waals surface area contributed by atoms with Crippen molar-refractivity contribution in [1.29, 1.82) is 0 Å². The first-order chi connectivity index (χ1) is 8.81. The van der Waals surface area contributed by atoms with Crippen LogP contribution in [-0.2, 0) is 13.0 Å². The van der Waals surface area contributed by atoms with Crippen molar-refractivity contribution in [2.45, 2.75) is 52.6 Å². The molecule has 1 unspecified atom stereocenters. The maximum atomic E-state index is 4.50. The summed E-state index contributed by atoms with van der Waals surface area (Å²) in [7, 11) is 0. The molecule has 0 spiro atoms. The summed E-state index contributed by atoms with van der Waals surface area (Å²) in [4.78, 5) is 4.50. The third-order valence-electron chi connectivity index (χ3n) is 2.90. The van der Waals surface area contributed by atoms with E-state index in [2.05, 4.69) is 41.8 Å². The molecule has 1 aromatic rings. The Morgan fingerprint density at radius 2 is 2.17 bits per heavy atom. The zero-order valence-electron chi connectivity index (χ0n) is 12.0. The van der Waals surface area contributed by atoms with E-state index in [9.17, 15) is 0 Å². The lowest BCUT2D eigenvalue weighted by molar-refractivity contribution is 0.520. The number of aromatic nitrogens is 2. The number of hydrogen-bond acceptors (Lipinski definition) is 3. The Morgan fingerprint density at radius 3 is 2.83 bits per heavy atom. The topological polar surface area (TPSA) is 29.9 Å². The lowest BCUT2D eigenvalue weighted by Crippen LogP contribution is -2.35. The Bertz CT molecular complexity index is 304. The average molecular weight is 269 g/mol. The van der Waals surface area contributed by atoms with Crippen molar-refractivity contribution in [1.82, 2.24) is 14.9 Å². The fraction of sp³-hybridized carbons (Fsp3) is 0.786. The molecule has 1 aromatic heterocycles. The van der Waals surface area contributed by atoms with Gasteiger partial charge in [0.05, 0.1) is 0 Å². The maximum absolute atomic E-state index is 4.50. The normalized spacial score (nSPS) is 12.8. The Balaban J connectivity index is 2.53. The number of nitrogens with one attached hydrogen (secondary N) is 1. The van der Waals surface area contributed by atoms with Gasteiger partial charge in [0, 0.05) is 37.2 Å². The van der Waals surface area contributed by atoms with Gasteiger partial charge in [-0.2, -0.15) is 11.8 Å². The minimum absolute atomic E-state index is 0.549. The van der Waals surface area contributed by atoms with Crippen molar-refractivity contribution in [2.24, 2.45) is 0 Å². The van der Waals surface area contributed by atoms with E-state index in [4.69, 9.17) is 0 Å². The zero-order valence-corrected chi connectivity index (χ0v) is 12.8. The molecule has 1 atom stereocenters. The molecule has 3 nitrogen and oxygen atoms in total. The third-order valence-corrected chi connectivity index (χ3v) is 3.95. The van der Waals surface area contributed by atoms with Gasteiger partial charge in [-0.25, -0.2) is 4.98 Å². The number of thioether (sulfide) groups is 1. The van der Waals surface area contributed by atoms with Crippen molar-refractivity contribution in [3.05, 3.63) is 18.2 Å². The fourth-order valence-electron chi connectivity index (χ4n) is 1.99. The van der Waals surface area contributed by atoms with E-state index in [1.165, 1.54) is 30.2 Å². The molecule has 0 saturated heterocycles. The highest BCUT2D eigenvalue weighted by Crippen LogP contribution is 2.09. The first kappa shape index (κ1) is 15.6. The Kier molecular flexibility index (Phi) is 8.18. The van der Waals surface area contributed by atoms with Gasteiger partial charge in [0.1, 0.15) is 5.82 Å². The molecule has 1 N–H and O–H groups in total. The van der Waals surface area contributed by atoms with E-state index in [1.54, 1.807) is 0 Å². The molecule has 0 fully saturated rings. The van der Waals surface area contributed by atoms with Gasteiger partial charge >= 0.3 is 0 Å². The van der Waals surface area contributed by atoms with Gasteiger partial charge < -0.3 is 9.88 Å². The average Bonchev–Trinajstić information content (AvgIpc) is 2.80. The highest BCUT2D eigenvalue weighted by Gasteiger charge is 2.12. The standard InChI is InChI=1S/C14H27N3S/c1-4-7-15-13(12-18-6-3)11-14-16-8-10-17(14)9-5-2/h8,10,13,15H,4-7,9,11-12H2,1-3H3. The van der Waals surface area contributed by atoms with Crippen molar-refractivity contribution >= 4 is 11.8 Å². The van der Waals surface area contributed by atoms with Crippen LogP contribution in [0.3, 0.4) is 0 Å². The third kappa shape index (κ3) is 5.44. The van der Waals surface area contributed by atoms with Crippen LogP contribution in [0.5, 0.6) is 0 Å². The molecular formula is C14H27N3S. The van der Waals surface area contributed by atoms with E-state index in [0.29, 0.717) is 6.04 Å². The van der Waals surface area contributed by atoms with Gasteiger partial charge in [-0.05, 0) is 25.1 Å². The number of imidazole rings is 1. The Labute approximate surface area is 116 Å². The minimum atomic E-state index is 0.549. The fourth-order valence-corrected chi connectivity index (χ4v) is 2.75. The van der Waals surface area contributed by atoms with Crippen LogP contribution in [0, 0.1) is 0 Å². The largest absolute Gasteiger partial charge is 0.335 e. The molecule has 0 aliphatic rings. The first-order valence-corrected chi connectivity index (χ1v) is 8.28. The van der Waals surface area contributed by atoms with Gasteiger partial charge in [0.2, 0.25) is 0 Å². The van der Waals surface area contributed by atoms with Gasteiger partial charge in [-0.3, -0.25) is 0 Å². The van der Waals surface area contributed by atoms with E-state index < -0.39 is 0 Å². The molecule has 4 heteroatoms. The quantitative estimate of drug-likeness (QED) is 0.708. The SMILES string of the molecule is CCCNC(CSCC)Cc1nccn1CCC. The molecule has 0 amide bonds. The zero-order chi connectivity index (χ0) is 13.2. The van der Waals surface area contributed by atoms with Gasteiger partial charge in [-0.15, -0.1) is 0 Å². The van der Waals surface area contributed by atoms with Crippen LogP contribution in [0.4, 0.5) is 0 Å². The highest BCUT2D eigenvalue weighted by molar-refractivity contribution is 7.99. The summed E-state index contributed by atoms with van der Waals surface area (Å²) in [5.74, 6) is 3.59. The van der Waals surface area contributed by atoms with E-state index in [1.807, 2.05) is 18.0 Å². The molecule has 0 aliphatic heterocycles. The van der Waals surface area contributed by atoms with E-state index in [-0.39, 0.29) is 0 Å². The predicted molar refractivity (Wildman–Crippen MR) is 81.3 cm³/mol. The van der Waals surface area contributed by atoms with Gasteiger partial charge in [-0.1, -0.05) is 20.8 Å². The second kappa shape index (κ2) is 9.45.